The summed E-state index contributed by atoms with van der Waals surface area (Å²) < 4.78 is 4.70. The molecule has 0 spiro atoms. The molecule has 0 aliphatic heterocycles. The Labute approximate surface area is 111 Å². The summed E-state index contributed by atoms with van der Waals surface area (Å²) in [5.41, 5.74) is 0.908. The molecule has 0 amide bonds. The highest BCUT2D eigenvalue weighted by Crippen LogP contribution is 2.17. The highest BCUT2D eigenvalue weighted by molar-refractivity contribution is 7.09. The molecular formula is C13H19NO3S. The molecule has 1 aromatic rings. The van der Waals surface area contributed by atoms with Gasteiger partial charge >= 0.3 is 5.97 Å². The van der Waals surface area contributed by atoms with Gasteiger partial charge in [0.25, 0.3) is 0 Å². The molecule has 100 valence electrons. The molecule has 1 atom stereocenters. The number of thiazole rings is 1. The first-order valence-corrected chi connectivity index (χ1v) is 6.98. The fourth-order valence-corrected chi connectivity index (χ4v) is 2.50. The summed E-state index contributed by atoms with van der Waals surface area (Å²) in [7, 11) is 1.32. The number of carbonyl (C=O) groups excluding carboxylic acids is 2. The molecule has 1 unspecified atom stereocenters. The number of methoxy groups -OCH3 is 1. The lowest BCUT2D eigenvalue weighted by Crippen LogP contribution is -2.26. The molecule has 1 heterocycles. The quantitative estimate of drug-likeness (QED) is 0.564. The minimum atomic E-state index is -0.640. The summed E-state index contributed by atoms with van der Waals surface area (Å²) in [6.45, 7) is 3.92. The van der Waals surface area contributed by atoms with Crippen LogP contribution < -0.4 is 0 Å². The van der Waals surface area contributed by atoms with Gasteiger partial charge in [0.15, 0.2) is 5.78 Å². The number of aryl methyl sites for hydroxylation is 1. The van der Waals surface area contributed by atoms with Gasteiger partial charge in [0, 0.05) is 11.1 Å². The normalized spacial score (nSPS) is 12.2. The van der Waals surface area contributed by atoms with Crippen molar-refractivity contribution in [2.75, 3.05) is 7.11 Å². The molecule has 4 nitrogen and oxygen atoms in total. The Balaban J connectivity index is 2.66. The summed E-state index contributed by atoms with van der Waals surface area (Å²) in [5, 5.41) is 2.67. The van der Waals surface area contributed by atoms with Gasteiger partial charge in [-0.15, -0.1) is 11.3 Å². The number of Topliss-reactive ketones (excluding diaryl/α,β-unsaturated/α-hetero) is 1. The molecule has 0 saturated carbocycles. The van der Waals surface area contributed by atoms with Crippen molar-refractivity contribution in [1.29, 1.82) is 0 Å². The Morgan fingerprint density at radius 2 is 2.22 bits per heavy atom. The van der Waals surface area contributed by atoms with Crippen molar-refractivity contribution in [3.63, 3.8) is 0 Å². The van der Waals surface area contributed by atoms with Gasteiger partial charge < -0.3 is 4.74 Å². The van der Waals surface area contributed by atoms with Crippen molar-refractivity contribution >= 4 is 23.1 Å². The van der Waals surface area contributed by atoms with Gasteiger partial charge in [-0.3, -0.25) is 9.59 Å². The van der Waals surface area contributed by atoms with Gasteiger partial charge in [-0.25, -0.2) is 4.98 Å². The molecule has 0 N–H and O–H groups in total. The van der Waals surface area contributed by atoms with Crippen molar-refractivity contribution < 1.29 is 14.3 Å². The third-order valence-electron chi connectivity index (χ3n) is 2.71. The van der Waals surface area contributed by atoms with Gasteiger partial charge in [0.2, 0.25) is 0 Å². The van der Waals surface area contributed by atoms with E-state index in [-0.39, 0.29) is 12.2 Å². The number of rotatable bonds is 7. The largest absolute Gasteiger partial charge is 0.468 e. The van der Waals surface area contributed by atoms with E-state index in [2.05, 4.69) is 4.98 Å². The second kappa shape index (κ2) is 7.26. The zero-order valence-corrected chi connectivity index (χ0v) is 11.9. The minimum absolute atomic E-state index is 0.0929. The summed E-state index contributed by atoms with van der Waals surface area (Å²) >= 11 is 1.45. The maximum absolute atomic E-state index is 12.1. The molecule has 5 heteroatoms. The average molecular weight is 269 g/mol. The lowest BCUT2D eigenvalue weighted by molar-refractivity contribution is -0.149. The third-order valence-corrected chi connectivity index (χ3v) is 3.68. The van der Waals surface area contributed by atoms with Crippen molar-refractivity contribution in [3.8, 4) is 0 Å². The monoisotopic (exact) mass is 269 g/mol. The van der Waals surface area contributed by atoms with Crippen LogP contribution in [0.5, 0.6) is 0 Å². The number of hydrogen-bond donors (Lipinski definition) is 0. The van der Waals surface area contributed by atoms with Crippen molar-refractivity contribution in [2.24, 2.45) is 5.92 Å². The topological polar surface area (TPSA) is 56.3 Å². The number of esters is 1. The predicted octanol–water partition coefficient (Wildman–Crippen LogP) is 2.54. The van der Waals surface area contributed by atoms with E-state index in [0.717, 1.165) is 23.5 Å². The smallest absolute Gasteiger partial charge is 0.316 e. The zero-order valence-electron chi connectivity index (χ0n) is 11.1. The maximum atomic E-state index is 12.1. The maximum Gasteiger partial charge on any atom is 0.316 e. The van der Waals surface area contributed by atoms with E-state index in [9.17, 15) is 9.59 Å². The number of ketones is 1. The van der Waals surface area contributed by atoms with Crippen LogP contribution in [0.1, 0.15) is 36.9 Å². The van der Waals surface area contributed by atoms with Crippen LogP contribution in [0.3, 0.4) is 0 Å². The van der Waals surface area contributed by atoms with E-state index in [0.29, 0.717) is 6.42 Å². The third kappa shape index (κ3) is 4.22. The highest BCUT2D eigenvalue weighted by atomic mass is 32.1. The van der Waals surface area contributed by atoms with Crippen LogP contribution in [0.25, 0.3) is 0 Å². The Bertz CT molecular complexity index is 414. The summed E-state index contributed by atoms with van der Waals surface area (Å²) in [5.74, 6) is -1.16. The van der Waals surface area contributed by atoms with Gasteiger partial charge in [0.05, 0.1) is 13.5 Å². The lowest BCUT2D eigenvalue weighted by atomic mass is 9.95. The van der Waals surface area contributed by atoms with Crippen LogP contribution in [-0.2, 0) is 20.7 Å². The van der Waals surface area contributed by atoms with Crippen LogP contribution in [0.15, 0.2) is 5.38 Å². The van der Waals surface area contributed by atoms with Crippen molar-refractivity contribution in [2.45, 2.75) is 39.5 Å². The molecule has 0 fully saturated rings. The summed E-state index contributed by atoms with van der Waals surface area (Å²) in [6.07, 6.45) is 2.59. The first-order chi connectivity index (χ1) is 8.58. The molecular weight excluding hydrogens is 250 g/mol. The van der Waals surface area contributed by atoms with Gasteiger partial charge in [0.1, 0.15) is 10.9 Å². The molecule has 1 rings (SSSR count). The van der Waals surface area contributed by atoms with E-state index in [1.165, 1.54) is 18.4 Å². The predicted molar refractivity (Wildman–Crippen MR) is 70.6 cm³/mol. The van der Waals surface area contributed by atoms with E-state index in [4.69, 9.17) is 4.74 Å². The molecule has 0 aliphatic carbocycles. The highest BCUT2D eigenvalue weighted by Gasteiger charge is 2.27. The van der Waals surface area contributed by atoms with Crippen LogP contribution in [-0.4, -0.2) is 23.8 Å². The summed E-state index contributed by atoms with van der Waals surface area (Å²) in [6, 6.07) is 0. The van der Waals surface area contributed by atoms with E-state index < -0.39 is 11.9 Å². The molecule has 0 aliphatic rings. The van der Waals surface area contributed by atoms with E-state index in [1.54, 1.807) is 0 Å². The van der Waals surface area contributed by atoms with Crippen LogP contribution in [0, 0.1) is 12.8 Å². The first-order valence-electron chi connectivity index (χ1n) is 6.10. The van der Waals surface area contributed by atoms with Crippen LogP contribution >= 0.6 is 11.3 Å². The first kappa shape index (κ1) is 14.8. The molecule has 0 bridgehead atoms. The van der Waals surface area contributed by atoms with Crippen molar-refractivity contribution in [1.82, 2.24) is 4.98 Å². The number of carbonyl (C=O) groups is 2. The second-order valence-electron chi connectivity index (χ2n) is 4.24. The SMILES string of the molecule is CCCCC(C(=O)Cc1nc(C)cs1)C(=O)OC. The van der Waals surface area contributed by atoms with E-state index in [1.807, 2.05) is 19.2 Å². The average Bonchev–Trinajstić information content (AvgIpc) is 2.74. The molecule has 0 saturated heterocycles. The number of aromatic nitrogens is 1. The van der Waals surface area contributed by atoms with Crippen LogP contribution in [0.4, 0.5) is 0 Å². The van der Waals surface area contributed by atoms with Crippen LogP contribution in [0.2, 0.25) is 0 Å². The van der Waals surface area contributed by atoms with E-state index >= 15 is 0 Å². The van der Waals surface area contributed by atoms with Gasteiger partial charge in [-0.1, -0.05) is 19.8 Å². The molecule has 0 radical (unpaired) electrons. The Kier molecular flexibility index (Phi) is 5.98. The van der Waals surface area contributed by atoms with Gasteiger partial charge in [-0.05, 0) is 13.3 Å². The Morgan fingerprint density at radius 3 is 2.72 bits per heavy atom. The Morgan fingerprint density at radius 1 is 1.50 bits per heavy atom. The van der Waals surface area contributed by atoms with Crippen molar-refractivity contribution in [3.05, 3.63) is 16.1 Å². The minimum Gasteiger partial charge on any atom is -0.468 e. The molecule has 18 heavy (non-hydrogen) atoms. The molecule has 1 aromatic heterocycles. The fraction of sp³-hybridized carbons (Fsp3) is 0.615. The second-order valence-corrected chi connectivity index (χ2v) is 5.19. The number of ether oxygens (including phenoxy) is 1. The lowest BCUT2D eigenvalue weighted by Gasteiger charge is -2.12. The standard InChI is InChI=1S/C13H19NO3S/c1-4-5-6-10(13(16)17-3)11(15)7-12-14-9(2)8-18-12/h8,10H,4-7H2,1-3H3. The summed E-state index contributed by atoms with van der Waals surface area (Å²) in [4.78, 5) is 27.9. The molecule has 0 aromatic carbocycles. The number of nitrogens with zero attached hydrogens (tertiary/aromatic N) is 1. The Hall–Kier alpha value is -1.23. The fourth-order valence-electron chi connectivity index (χ4n) is 1.72. The number of hydrogen-bond acceptors (Lipinski definition) is 5. The zero-order chi connectivity index (χ0) is 13.5. The number of unbranched alkanes of at least 4 members (excludes halogenated alkanes) is 1. The van der Waals surface area contributed by atoms with Gasteiger partial charge in [-0.2, -0.15) is 0 Å².